The number of sulfone groups is 1. The van der Waals surface area contributed by atoms with Crippen LogP contribution < -0.4 is 10.6 Å². The molecular weight excluding hydrogens is 452 g/mol. The minimum Gasteiger partial charge on any atom is -0.450 e. The molecule has 3 rings (SSSR count). The first-order valence-electron chi connectivity index (χ1n) is 10.4. The molecule has 0 atom stereocenters. The van der Waals surface area contributed by atoms with Crippen molar-refractivity contribution >= 4 is 44.1 Å². The van der Waals surface area contributed by atoms with Crippen LogP contribution in [-0.2, 0) is 32.2 Å². The maximum atomic E-state index is 12.6. The molecule has 2 N–H and O–H groups in total. The normalized spacial score (nSPS) is 12.8. The Balaban J connectivity index is 1.63. The first-order valence-corrected chi connectivity index (χ1v) is 12.9. The molecule has 3 amide bonds. The van der Waals surface area contributed by atoms with Crippen LogP contribution in [0, 0.1) is 6.92 Å². The fourth-order valence-corrected chi connectivity index (χ4v) is 6.14. The third-order valence-corrected chi connectivity index (χ3v) is 8.11. The Labute approximate surface area is 191 Å². The summed E-state index contributed by atoms with van der Waals surface area (Å²) in [5.41, 5.74) is 2.10. The van der Waals surface area contributed by atoms with Crippen LogP contribution in [0.4, 0.5) is 9.80 Å². The van der Waals surface area contributed by atoms with Gasteiger partial charge in [0.2, 0.25) is 5.91 Å². The summed E-state index contributed by atoms with van der Waals surface area (Å²) in [4.78, 5) is 38.0. The average molecular weight is 479 g/mol. The maximum Gasteiger partial charge on any atom is 0.414 e. The molecule has 1 aromatic carbocycles. The number of imide groups is 1. The quantitative estimate of drug-likeness (QED) is 0.598. The van der Waals surface area contributed by atoms with Gasteiger partial charge in [-0.3, -0.25) is 14.9 Å². The number of benzene rings is 1. The lowest BCUT2D eigenvalue weighted by Gasteiger charge is -2.09. The lowest BCUT2D eigenvalue weighted by atomic mass is 10.1. The standard InChI is InChI=1S/C22H26N2O6S2/c1-3-30-22(27)24-20(26)19-16-6-4-7-17(16)31-21(19)23-18(25)8-5-13-32(28,29)15-11-9-14(2)10-12-15/h9-12H,3-8,13H2,1-2H3,(H,23,25)(H,24,26,27). The molecule has 0 saturated heterocycles. The van der Waals surface area contributed by atoms with E-state index < -0.39 is 21.8 Å². The predicted molar refractivity (Wildman–Crippen MR) is 122 cm³/mol. The summed E-state index contributed by atoms with van der Waals surface area (Å²) < 4.78 is 29.7. The molecular formula is C22H26N2O6S2. The number of anilines is 1. The third-order valence-electron chi connectivity index (χ3n) is 5.09. The number of ether oxygens (including phenoxy) is 1. The van der Waals surface area contributed by atoms with Gasteiger partial charge in [-0.25, -0.2) is 13.2 Å². The van der Waals surface area contributed by atoms with Crippen LogP contribution in [0.1, 0.15) is 52.5 Å². The highest BCUT2D eigenvalue weighted by molar-refractivity contribution is 7.91. The summed E-state index contributed by atoms with van der Waals surface area (Å²) in [6, 6.07) is 6.59. The number of carbonyl (C=O) groups excluding carboxylic acids is 3. The van der Waals surface area contributed by atoms with E-state index in [4.69, 9.17) is 4.74 Å². The van der Waals surface area contributed by atoms with Crippen molar-refractivity contribution in [1.29, 1.82) is 0 Å². The fourth-order valence-electron chi connectivity index (χ4n) is 3.53. The van der Waals surface area contributed by atoms with Crippen molar-refractivity contribution < 1.29 is 27.5 Å². The van der Waals surface area contributed by atoms with Gasteiger partial charge in [0.15, 0.2) is 9.84 Å². The highest BCUT2D eigenvalue weighted by atomic mass is 32.2. The van der Waals surface area contributed by atoms with Gasteiger partial charge in [-0.05, 0) is 57.2 Å². The lowest BCUT2D eigenvalue weighted by molar-refractivity contribution is -0.116. The number of nitrogens with one attached hydrogen (secondary N) is 2. The van der Waals surface area contributed by atoms with Gasteiger partial charge in [-0.1, -0.05) is 17.7 Å². The largest absolute Gasteiger partial charge is 0.450 e. The monoisotopic (exact) mass is 478 g/mol. The van der Waals surface area contributed by atoms with Crippen LogP contribution in [0.3, 0.4) is 0 Å². The van der Waals surface area contributed by atoms with Crippen LogP contribution >= 0.6 is 11.3 Å². The zero-order valence-corrected chi connectivity index (χ0v) is 19.7. The minimum absolute atomic E-state index is 0.00735. The Morgan fingerprint density at radius 2 is 1.84 bits per heavy atom. The van der Waals surface area contributed by atoms with Gasteiger partial charge in [0.25, 0.3) is 5.91 Å². The Bertz CT molecular complexity index is 1120. The molecule has 0 radical (unpaired) electrons. The molecule has 1 aromatic heterocycles. The van der Waals surface area contributed by atoms with Gasteiger partial charge in [0.05, 0.1) is 22.8 Å². The zero-order valence-electron chi connectivity index (χ0n) is 18.0. The van der Waals surface area contributed by atoms with Gasteiger partial charge >= 0.3 is 6.09 Å². The second kappa shape index (κ2) is 10.3. The van der Waals surface area contributed by atoms with E-state index in [0.717, 1.165) is 28.8 Å². The topological polar surface area (TPSA) is 119 Å². The van der Waals surface area contributed by atoms with Crippen molar-refractivity contribution in [2.24, 2.45) is 0 Å². The number of hydrogen-bond acceptors (Lipinski definition) is 7. The third kappa shape index (κ3) is 5.74. The van der Waals surface area contributed by atoms with E-state index in [1.165, 1.54) is 11.3 Å². The second-order valence-electron chi connectivity index (χ2n) is 7.52. The summed E-state index contributed by atoms with van der Waals surface area (Å²) in [7, 11) is -3.48. The van der Waals surface area contributed by atoms with Crippen LogP contribution in [0.25, 0.3) is 0 Å². The Morgan fingerprint density at radius 1 is 1.12 bits per heavy atom. The van der Waals surface area contributed by atoms with Crippen LogP contribution in [-0.4, -0.2) is 38.7 Å². The molecule has 0 aliphatic heterocycles. The first-order chi connectivity index (χ1) is 15.2. The summed E-state index contributed by atoms with van der Waals surface area (Å²) in [6.07, 6.45) is 1.72. The molecule has 8 nitrogen and oxygen atoms in total. The lowest BCUT2D eigenvalue weighted by Crippen LogP contribution is -2.32. The highest BCUT2D eigenvalue weighted by Gasteiger charge is 2.28. The molecule has 0 spiro atoms. The number of thiophene rings is 1. The van der Waals surface area contributed by atoms with Gasteiger partial charge in [-0.15, -0.1) is 11.3 Å². The summed E-state index contributed by atoms with van der Waals surface area (Å²) in [6.45, 7) is 3.65. The minimum atomic E-state index is -3.48. The van der Waals surface area contributed by atoms with E-state index in [-0.39, 0.29) is 41.6 Å². The fraction of sp³-hybridized carbons (Fsp3) is 0.409. The van der Waals surface area contributed by atoms with E-state index >= 15 is 0 Å². The SMILES string of the molecule is CCOC(=O)NC(=O)c1c(NC(=O)CCCS(=O)(=O)c2ccc(C)cc2)sc2c1CCC2. The maximum absolute atomic E-state index is 12.6. The Kier molecular flexibility index (Phi) is 7.68. The number of rotatable bonds is 8. The second-order valence-corrected chi connectivity index (χ2v) is 10.7. The molecule has 2 aromatic rings. The summed E-state index contributed by atoms with van der Waals surface area (Å²) in [5, 5.41) is 5.30. The van der Waals surface area contributed by atoms with E-state index in [1.807, 2.05) is 6.92 Å². The zero-order chi connectivity index (χ0) is 23.3. The van der Waals surface area contributed by atoms with Gasteiger partial charge in [0.1, 0.15) is 5.00 Å². The van der Waals surface area contributed by atoms with E-state index in [9.17, 15) is 22.8 Å². The molecule has 0 bridgehead atoms. The molecule has 32 heavy (non-hydrogen) atoms. The van der Waals surface area contributed by atoms with E-state index in [1.54, 1.807) is 31.2 Å². The number of carbonyl (C=O) groups is 3. The van der Waals surface area contributed by atoms with Gasteiger partial charge in [-0.2, -0.15) is 0 Å². The van der Waals surface area contributed by atoms with Crippen LogP contribution in [0.2, 0.25) is 0 Å². The van der Waals surface area contributed by atoms with Crippen molar-refractivity contribution in [2.45, 2.75) is 50.8 Å². The summed E-state index contributed by atoms with van der Waals surface area (Å²) >= 11 is 1.32. The first kappa shape index (κ1) is 23.9. The Hall–Kier alpha value is -2.72. The van der Waals surface area contributed by atoms with Crippen LogP contribution in [0.5, 0.6) is 0 Å². The molecule has 0 saturated carbocycles. The molecule has 10 heteroatoms. The van der Waals surface area contributed by atoms with Crippen molar-refractivity contribution in [1.82, 2.24) is 5.32 Å². The average Bonchev–Trinajstić information content (AvgIpc) is 3.28. The van der Waals surface area contributed by atoms with Crippen LogP contribution in [0.15, 0.2) is 29.2 Å². The van der Waals surface area contributed by atoms with Crippen molar-refractivity contribution in [3.8, 4) is 0 Å². The molecule has 172 valence electrons. The van der Waals surface area contributed by atoms with E-state index in [0.29, 0.717) is 11.4 Å². The molecule has 1 heterocycles. The highest BCUT2D eigenvalue weighted by Crippen LogP contribution is 2.39. The molecule has 0 unspecified atom stereocenters. The van der Waals surface area contributed by atoms with E-state index in [2.05, 4.69) is 10.6 Å². The Morgan fingerprint density at radius 3 is 2.53 bits per heavy atom. The number of hydrogen-bond donors (Lipinski definition) is 2. The number of amides is 3. The number of aryl methyl sites for hydroxylation is 2. The predicted octanol–water partition coefficient (Wildman–Crippen LogP) is 3.62. The van der Waals surface area contributed by atoms with Crippen molar-refractivity contribution in [2.75, 3.05) is 17.7 Å². The van der Waals surface area contributed by atoms with Gasteiger partial charge < -0.3 is 10.1 Å². The number of fused-ring (bicyclic) bond motifs is 1. The smallest absolute Gasteiger partial charge is 0.414 e. The summed E-state index contributed by atoms with van der Waals surface area (Å²) in [5.74, 6) is -1.14. The molecule has 1 aliphatic carbocycles. The molecule has 0 fully saturated rings. The molecule has 1 aliphatic rings. The van der Waals surface area contributed by atoms with Crippen molar-refractivity contribution in [3.63, 3.8) is 0 Å². The number of alkyl carbamates (subject to hydrolysis) is 1. The van der Waals surface area contributed by atoms with Gasteiger partial charge in [0, 0.05) is 11.3 Å². The van der Waals surface area contributed by atoms with Crippen molar-refractivity contribution in [3.05, 3.63) is 45.8 Å².